The number of nitrogens with one attached hydrogen (secondary N) is 1. The molecule has 4 rings (SSSR count). The number of rotatable bonds is 5. The number of carbonyl (C=O) groups excluding carboxylic acids is 1. The van der Waals surface area contributed by atoms with E-state index in [-0.39, 0.29) is 5.91 Å². The van der Waals surface area contributed by atoms with Crippen LogP contribution in [0.15, 0.2) is 48.7 Å². The molecule has 1 aliphatic heterocycles. The summed E-state index contributed by atoms with van der Waals surface area (Å²) in [7, 11) is 0. The average molecular weight is 348 g/mol. The number of ether oxygens (including phenoxy) is 1. The molecule has 1 amide bonds. The van der Waals surface area contributed by atoms with Crippen LogP contribution in [-0.2, 0) is 6.54 Å². The number of aromatic nitrogens is 3. The maximum absolute atomic E-state index is 11.9. The zero-order chi connectivity index (χ0) is 17.9. The van der Waals surface area contributed by atoms with Crippen LogP contribution in [0.4, 0.5) is 0 Å². The van der Waals surface area contributed by atoms with Gasteiger partial charge in [-0.25, -0.2) is 0 Å². The predicted octanol–water partition coefficient (Wildman–Crippen LogP) is 3.14. The number of nitrogens with zero attached hydrogens (tertiary/aromatic N) is 3. The Hall–Kier alpha value is -3.15. The summed E-state index contributed by atoms with van der Waals surface area (Å²) in [5.41, 5.74) is 4.14. The zero-order valence-corrected chi connectivity index (χ0v) is 14.6. The van der Waals surface area contributed by atoms with Gasteiger partial charge < -0.3 is 10.1 Å². The number of hydrogen-bond donors (Lipinski definition) is 1. The van der Waals surface area contributed by atoms with Crippen LogP contribution < -0.4 is 10.1 Å². The van der Waals surface area contributed by atoms with E-state index in [2.05, 4.69) is 22.3 Å². The van der Waals surface area contributed by atoms with Gasteiger partial charge in [0, 0.05) is 23.9 Å². The van der Waals surface area contributed by atoms with Crippen LogP contribution in [0.1, 0.15) is 23.8 Å². The normalized spacial score (nSPS) is 13.2. The van der Waals surface area contributed by atoms with Crippen LogP contribution in [0, 0.1) is 0 Å². The lowest BCUT2D eigenvalue weighted by atomic mass is 10.1. The number of hydrogen-bond acceptors (Lipinski definition) is 4. The van der Waals surface area contributed by atoms with Crippen molar-refractivity contribution in [3.05, 3.63) is 54.4 Å². The van der Waals surface area contributed by atoms with Crippen LogP contribution >= 0.6 is 0 Å². The second-order valence-electron chi connectivity index (χ2n) is 6.20. The minimum Gasteiger partial charge on any atom is -0.494 e. The molecule has 132 valence electrons. The smallest absolute Gasteiger partial charge is 0.269 e. The van der Waals surface area contributed by atoms with Crippen LogP contribution in [0.2, 0.25) is 0 Å². The highest BCUT2D eigenvalue weighted by atomic mass is 16.5. The van der Waals surface area contributed by atoms with Gasteiger partial charge in [0.25, 0.3) is 5.91 Å². The molecule has 0 radical (unpaired) electrons. The van der Waals surface area contributed by atoms with Crippen LogP contribution in [0.5, 0.6) is 5.75 Å². The molecule has 3 aromatic rings. The van der Waals surface area contributed by atoms with Crippen LogP contribution in [-0.4, -0.2) is 33.8 Å². The van der Waals surface area contributed by atoms with E-state index in [4.69, 9.17) is 4.74 Å². The van der Waals surface area contributed by atoms with Gasteiger partial charge in [0.2, 0.25) is 0 Å². The second-order valence-corrected chi connectivity index (χ2v) is 6.20. The Balaban J connectivity index is 1.66. The van der Waals surface area contributed by atoms with E-state index < -0.39 is 0 Å². The fraction of sp³-hybridized carbons (Fsp3) is 0.250. The van der Waals surface area contributed by atoms with Gasteiger partial charge >= 0.3 is 0 Å². The van der Waals surface area contributed by atoms with Crippen molar-refractivity contribution < 1.29 is 9.53 Å². The highest BCUT2D eigenvalue weighted by molar-refractivity contribution is 5.94. The molecule has 0 saturated heterocycles. The summed E-state index contributed by atoms with van der Waals surface area (Å²) < 4.78 is 7.47. The van der Waals surface area contributed by atoms with E-state index >= 15 is 0 Å². The lowest BCUT2D eigenvalue weighted by Gasteiger charge is -2.13. The topological polar surface area (TPSA) is 69.0 Å². The summed E-state index contributed by atoms with van der Waals surface area (Å²) in [4.78, 5) is 16.4. The third kappa shape index (κ3) is 3.18. The zero-order valence-electron chi connectivity index (χ0n) is 14.6. The molecule has 0 spiro atoms. The first-order valence-electron chi connectivity index (χ1n) is 8.80. The van der Waals surface area contributed by atoms with Crippen molar-refractivity contribution in [1.29, 1.82) is 0 Å². The number of benzene rings is 1. The molecule has 6 heteroatoms. The minimum atomic E-state index is -0.0787. The molecule has 1 N–H and O–H groups in total. The van der Waals surface area contributed by atoms with E-state index in [1.165, 1.54) is 0 Å². The Bertz CT molecular complexity index is 948. The molecule has 0 fully saturated rings. The average Bonchev–Trinajstić information content (AvgIpc) is 3.13. The van der Waals surface area contributed by atoms with Gasteiger partial charge in [0.1, 0.15) is 11.4 Å². The maximum atomic E-state index is 11.9. The number of fused-ring (bicyclic) bond motifs is 1. The first-order valence-corrected chi connectivity index (χ1v) is 8.80. The molecule has 0 unspecified atom stereocenters. The van der Waals surface area contributed by atoms with Gasteiger partial charge in [0.05, 0.1) is 24.5 Å². The van der Waals surface area contributed by atoms with Crippen molar-refractivity contribution in [2.75, 3.05) is 13.2 Å². The molecule has 26 heavy (non-hydrogen) atoms. The second kappa shape index (κ2) is 7.00. The third-order valence-electron chi connectivity index (χ3n) is 4.28. The molecule has 1 aliphatic rings. The van der Waals surface area contributed by atoms with Gasteiger partial charge in [0.15, 0.2) is 0 Å². The summed E-state index contributed by atoms with van der Waals surface area (Å²) in [6.07, 6.45) is 2.74. The van der Waals surface area contributed by atoms with Crippen molar-refractivity contribution in [2.45, 2.75) is 19.9 Å². The molecule has 0 bridgehead atoms. The minimum absolute atomic E-state index is 0.0787. The number of pyridine rings is 1. The van der Waals surface area contributed by atoms with Crippen LogP contribution in [0.3, 0.4) is 0 Å². The first kappa shape index (κ1) is 16.3. The Labute approximate surface area is 151 Å². The Morgan fingerprint density at radius 1 is 1.15 bits per heavy atom. The fourth-order valence-electron chi connectivity index (χ4n) is 2.99. The van der Waals surface area contributed by atoms with Crippen LogP contribution in [0.25, 0.3) is 22.5 Å². The van der Waals surface area contributed by atoms with Crippen molar-refractivity contribution in [2.24, 2.45) is 0 Å². The van der Waals surface area contributed by atoms with Gasteiger partial charge in [-0.15, -0.1) is 0 Å². The molecular formula is C20H20N4O2. The Morgan fingerprint density at radius 2 is 2.04 bits per heavy atom. The molecule has 0 aliphatic carbocycles. The summed E-state index contributed by atoms with van der Waals surface area (Å²) in [6.45, 7) is 4.08. The predicted molar refractivity (Wildman–Crippen MR) is 99.0 cm³/mol. The van der Waals surface area contributed by atoms with Crippen molar-refractivity contribution in [3.63, 3.8) is 0 Å². The first-order chi connectivity index (χ1) is 12.7. The van der Waals surface area contributed by atoms with Crippen molar-refractivity contribution >= 4 is 5.91 Å². The summed E-state index contributed by atoms with van der Waals surface area (Å²) >= 11 is 0. The quantitative estimate of drug-likeness (QED) is 0.769. The van der Waals surface area contributed by atoms with E-state index in [0.29, 0.717) is 25.4 Å². The van der Waals surface area contributed by atoms with E-state index in [9.17, 15) is 4.79 Å². The van der Waals surface area contributed by atoms with Gasteiger partial charge in [-0.2, -0.15) is 5.10 Å². The molecule has 1 aromatic carbocycles. The molecule has 3 heterocycles. The molecule has 6 nitrogen and oxygen atoms in total. The van der Waals surface area contributed by atoms with Crippen molar-refractivity contribution in [1.82, 2.24) is 20.1 Å². The SMILES string of the molecule is CCCOc1cccc(-c2cc(-c3cc4n(n3)CCNC4=O)ccn2)c1. The van der Waals surface area contributed by atoms with Gasteiger partial charge in [-0.3, -0.25) is 14.5 Å². The number of carbonyl (C=O) groups is 1. The van der Waals surface area contributed by atoms with Gasteiger partial charge in [-0.05, 0) is 36.8 Å². The highest BCUT2D eigenvalue weighted by Crippen LogP contribution is 2.27. The highest BCUT2D eigenvalue weighted by Gasteiger charge is 2.20. The number of amides is 1. The van der Waals surface area contributed by atoms with Gasteiger partial charge in [-0.1, -0.05) is 19.1 Å². The molecular weight excluding hydrogens is 328 g/mol. The third-order valence-corrected chi connectivity index (χ3v) is 4.28. The lowest BCUT2D eigenvalue weighted by Crippen LogP contribution is -2.35. The lowest BCUT2D eigenvalue weighted by molar-refractivity contribution is 0.0924. The van der Waals surface area contributed by atoms with E-state index in [0.717, 1.165) is 34.7 Å². The largest absolute Gasteiger partial charge is 0.494 e. The standard InChI is InChI=1S/C20H20N4O2/c1-2-10-26-16-5-3-4-14(11-16)17-12-15(6-7-21-17)18-13-19-20(25)22-8-9-24(19)23-18/h3-7,11-13H,2,8-10H2,1H3,(H,22,25). The van der Waals surface area contributed by atoms with E-state index in [1.54, 1.807) is 10.9 Å². The summed E-state index contributed by atoms with van der Waals surface area (Å²) in [5, 5.41) is 7.40. The monoisotopic (exact) mass is 348 g/mol. The van der Waals surface area contributed by atoms with E-state index in [1.807, 2.05) is 42.5 Å². The van der Waals surface area contributed by atoms with Crippen molar-refractivity contribution in [3.8, 4) is 28.3 Å². The molecule has 0 atom stereocenters. The Morgan fingerprint density at radius 3 is 2.88 bits per heavy atom. The summed E-state index contributed by atoms with van der Waals surface area (Å²) in [5.74, 6) is 0.760. The fourth-order valence-corrected chi connectivity index (χ4v) is 2.99. The molecule has 2 aromatic heterocycles. The molecule has 0 saturated carbocycles. The summed E-state index contributed by atoms with van der Waals surface area (Å²) in [6, 6.07) is 13.6. The maximum Gasteiger partial charge on any atom is 0.269 e. The Kier molecular flexibility index (Phi) is 4.39.